The normalized spacial score (nSPS) is 13.1. The van der Waals surface area contributed by atoms with Crippen LogP contribution in [0.25, 0.3) is 28.0 Å². The van der Waals surface area contributed by atoms with Gasteiger partial charge in [-0.2, -0.15) is 13.2 Å². The highest BCUT2D eigenvalue weighted by molar-refractivity contribution is 5.91. The molecule has 1 aliphatic rings. The number of allylic oxidation sites excluding steroid dienone is 4. The second-order valence-corrected chi connectivity index (χ2v) is 5.69. The van der Waals surface area contributed by atoms with Crippen LogP contribution in [0.1, 0.15) is 25.0 Å². The number of hydrogen-bond donors (Lipinski definition) is 0. The highest BCUT2D eigenvalue weighted by atomic mass is 19.4. The van der Waals surface area contributed by atoms with E-state index < -0.39 is 11.7 Å². The number of aromatic nitrogens is 2. The van der Waals surface area contributed by atoms with E-state index in [2.05, 4.69) is 4.98 Å². The van der Waals surface area contributed by atoms with Gasteiger partial charge >= 0.3 is 6.18 Å². The number of rotatable bonds is 2. The zero-order valence-electron chi connectivity index (χ0n) is 14.8. The van der Waals surface area contributed by atoms with Crippen LogP contribution in [0.5, 0.6) is 0 Å². The Balaban J connectivity index is 0.000000948. The maximum absolute atomic E-state index is 13.3. The summed E-state index contributed by atoms with van der Waals surface area (Å²) < 4.78 is 41.5. The monoisotopic (exact) mass is 356 g/mol. The summed E-state index contributed by atoms with van der Waals surface area (Å²) in [6.45, 7) is 4.00. The van der Waals surface area contributed by atoms with Crippen LogP contribution in [-0.4, -0.2) is 9.55 Å². The number of hydrogen-bond acceptors (Lipinski definition) is 1. The fraction of sp³-hybridized carbons (Fsp3) is 0.190. The number of imidazole rings is 1. The highest BCUT2D eigenvalue weighted by Gasteiger charge is 2.34. The van der Waals surface area contributed by atoms with Gasteiger partial charge in [-0.25, -0.2) is 4.98 Å². The Hall–Kier alpha value is -2.82. The van der Waals surface area contributed by atoms with Gasteiger partial charge in [-0.05, 0) is 23.3 Å². The second kappa shape index (κ2) is 6.83. The molecule has 0 fully saturated rings. The van der Waals surface area contributed by atoms with Crippen LogP contribution in [-0.2, 0) is 13.2 Å². The summed E-state index contributed by atoms with van der Waals surface area (Å²) in [6, 6.07) is 11.7. The van der Waals surface area contributed by atoms with Gasteiger partial charge in [-0.1, -0.05) is 62.4 Å². The lowest BCUT2D eigenvalue weighted by Crippen LogP contribution is -2.07. The molecule has 4 rings (SSSR count). The molecule has 0 bridgehead atoms. The van der Waals surface area contributed by atoms with E-state index in [9.17, 15) is 13.2 Å². The zero-order chi connectivity index (χ0) is 18.9. The summed E-state index contributed by atoms with van der Waals surface area (Å²) in [5.74, 6) is 0.526. The lowest BCUT2D eigenvalue weighted by Gasteiger charge is -2.14. The summed E-state index contributed by atoms with van der Waals surface area (Å²) in [5.41, 5.74) is 2.62. The first-order valence-electron chi connectivity index (χ1n) is 8.47. The van der Waals surface area contributed by atoms with Crippen molar-refractivity contribution in [1.29, 1.82) is 0 Å². The predicted octanol–water partition coefficient (Wildman–Crippen LogP) is 6.24. The van der Waals surface area contributed by atoms with Gasteiger partial charge < -0.3 is 4.57 Å². The molecular weight excluding hydrogens is 337 g/mol. The molecule has 0 unspecified atom stereocenters. The standard InChI is InChI=1S/C19H13F3N2.C2H6/c1-24-17-15(19(20,21)22)10-5-11-16(17)23-18(24)14-9-3-2-8-13(14)12-6-4-7-12;1-2/h2-11H,1H3;1-2H3. The van der Waals surface area contributed by atoms with Crippen molar-refractivity contribution in [3.8, 4) is 11.4 Å². The van der Waals surface area contributed by atoms with E-state index in [0.29, 0.717) is 11.3 Å². The highest BCUT2D eigenvalue weighted by Crippen LogP contribution is 2.38. The lowest BCUT2D eigenvalue weighted by atomic mass is 9.94. The first-order chi connectivity index (χ1) is 12.5. The third-order valence-corrected chi connectivity index (χ3v) is 4.23. The van der Waals surface area contributed by atoms with E-state index in [0.717, 1.165) is 22.8 Å². The third kappa shape index (κ3) is 2.94. The van der Waals surface area contributed by atoms with Gasteiger partial charge in [0.1, 0.15) is 5.82 Å². The molecule has 5 heteroatoms. The molecule has 1 aromatic heterocycles. The van der Waals surface area contributed by atoms with Gasteiger partial charge in [0, 0.05) is 12.6 Å². The third-order valence-electron chi connectivity index (χ3n) is 4.23. The van der Waals surface area contributed by atoms with Crippen LogP contribution in [0.4, 0.5) is 13.2 Å². The number of halogens is 3. The molecule has 3 aromatic rings. The molecule has 2 nitrogen and oxygen atoms in total. The zero-order valence-corrected chi connectivity index (χ0v) is 14.8. The van der Waals surface area contributed by atoms with Gasteiger partial charge in [-0.15, -0.1) is 0 Å². The molecule has 0 saturated carbocycles. The molecule has 134 valence electrons. The molecule has 0 radical (unpaired) electrons. The SMILES string of the molecule is CC.Cn1c(-c2ccccc2C2=CC=C2)nc2cccc(C(F)(F)F)c21. The van der Waals surface area contributed by atoms with Crippen molar-refractivity contribution in [3.63, 3.8) is 0 Å². The molecule has 0 aliphatic heterocycles. The van der Waals surface area contributed by atoms with E-state index in [1.165, 1.54) is 10.6 Å². The molecule has 2 aromatic carbocycles. The summed E-state index contributed by atoms with van der Waals surface area (Å²) in [4.78, 5) is 4.47. The Labute approximate surface area is 150 Å². The van der Waals surface area contributed by atoms with E-state index in [4.69, 9.17) is 0 Å². The maximum atomic E-state index is 13.3. The minimum Gasteiger partial charge on any atom is -0.327 e. The topological polar surface area (TPSA) is 17.8 Å². The summed E-state index contributed by atoms with van der Waals surface area (Å²) in [6.07, 6.45) is 1.47. The summed E-state index contributed by atoms with van der Waals surface area (Å²) in [7, 11) is 1.63. The van der Waals surface area contributed by atoms with Crippen LogP contribution in [0.2, 0.25) is 0 Å². The number of benzene rings is 2. The number of alkyl halides is 3. The van der Waals surface area contributed by atoms with Crippen LogP contribution in [0, 0.1) is 0 Å². The van der Waals surface area contributed by atoms with Gasteiger partial charge in [0.05, 0.1) is 16.6 Å². The fourth-order valence-electron chi connectivity index (χ4n) is 3.04. The summed E-state index contributed by atoms with van der Waals surface area (Å²) in [5, 5.41) is 0. The fourth-order valence-corrected chi connectivity index (χ4v) is 3.04. The predicted molar refractivity (Wildman–Crippen MR) is 99.6 cm³/mol. The molecule has 26 heavy (non-hydrogen) atoms. The van der Waals surface area contributed by atoms with Crippen molar-refractivity contribution in [3.05, 3.63) is 71.8 Å². The first kappa shape index (κ1) is 18.0. The minimum absolute atomic E-state index is 0.105. The second-order valence-electron chi connectivity index (χ2n) is 5.69. The Morgan fingerprint density at radius 3 is 2.15 bits per heavy atom. The number of aryl methyl sites for hydroxylation is 1. The van der Waals surface area contributed by atoms with Crippen molar-refractivity contribution in [2.24, 2.45) is 7.05 Å². The van der Waals surface area contributed by atoms with E-state index in [1.54, 1.807) is 13.1 Å². The summed E-state index contributed by atoms with van der Waals surface area (Å²) >= 11 is 0. The molecule has 0 saturated heterocycles. The average Bonchev–Trinajstić information content (AvgIpc) is 2.92. The molecule has 0 atom stereocenters. The number of fused-ring (bicyclic) bond motifs is 1. The molecule has 0 N–H and O–H groups in total. The Kier molecular flexibility index (Phi) is 4.72. The Morgan fingerprint density at radius 1 is 0.923 bits per heavy atom. The maximum Gasteiger partial charge on any atom is 0.418 e. The molecular formula is C21H19F3N2. The van der Waals surface area contributed by atoms with Crippen LogP contribution < -0.4 is 0 Å². The minimum atomic E-state index is -4.41. The van der Waals surface area contributed by atoms with Crippen molar-refractivity contribution in [2.75, 3.05) is 0 Å². The van der Waals surface area contributed by atoms with Crippen LogP contribution >= 0.6 is 0 Å². The van der Waals surface area contributed by atoms with Crippen molar-refractivity contribution < 1.29 is 13.2 Å². The largest absolute Gasteiger partial charge is 0.418 e. The first-order valence-corrected chi connectivity index (χ1v) is 8.47. The quantitative estimate of drug-likeness (QED) is 0.531. The Bertz CT molecular complexity index is 1010. The van der Waals surface area contributed by atoms with Crippen LogP contribution in [0.3, 0.4) is 0 Å². The number of para-hydroxylation sites is 1. The molecule has 1 heterocycles. The molecule has 0 spiro atoms. The van der Waals surface area contributed by atoms with Crippen molar-refractivity contribution >= 4 is 16.6 Å². The molecule has 0 amide bonds. The molecule has 1 aliphatic carbocycles. The smallest absolute Gasteiger partial charge is 0.327 e. The van der Waals surface area contributed by atoms with E-state index in [-0.39, 0.29) is 5.52 Å². The van der Waals surface area contributed by atoms with Crippen molar-refractivity contribution in [2.45, 2.75) is 20.0 Å². The average molecular weight is 356 g/mol. The van der Waals surface area contributed by atoms with Gasteiger partial charge in [0.2, 0.25) is 0 Å². The Morgan fingerprint density at radius 2 is 1.58 bits per heavy atom. The number of nitrogens with zero attached hydrogens (tertiary/aromatic N) is 2. The van der Waals surface area contributed by atoms with E-state index >= 15 is 0 Å². The lowest BCUT2D eigenvalue weighted by molar-refractivity contribution is -0.136. The van der Waals surface area contributed by atoms with Gasteiger partial charge in [0.25, 0.3) is 0 Å². The van der Waals surface area contributed by atoms with Crippen LogP contribution in [0.15, 0.2) is 60.7 Å². The van der Waals surface area contributed by atoms with Gasteiger partial charge in [0.15, 0.2) is 0 Å². The van der Waals surface area contributed by atoms with Gasteiger partial charge in [-0.3, -0.25) is 0 Å². The van der Waals surface area contributed by atoms with Crippen molar-refractivity contribution in [1.82, 2.24) is 9.55 Å². The van der Waals surface area contributed by atoms with E-state index in [1.807, 2.05) is 56.3 Å².